The third-order valence-corrected chi connectivity index (χ3v) is 7.37. The minimum Gasteiger partial charge on any atom is -0.493 e. The van der Waals surface area contributed by atoms with Crippen molar-refractivity contribution in [3.8, 4) is 17.2 Å². The lowest BCUT2D eigenvalue weighted by molar-refractivity contribution is -0.137. The molecule has 2 aliphatic heterocycles. The number of rotatable bonds is 7. The average molecular weight is 567 g/mol. The molecule has 2 aromatic rings. The van der Waals surface area contributed by atoms with Crippen molar-refractivity contribution in [1.29, 1.82) is 0 Å². The van der Waals surface area contributed by atoms with E-state index in [9.17, 15) is 19.2 Å². The van der Waals surface area contributed by atoms with Gasteiger partial charge in [0, 0.05) is 13.1 Å². The first-order valence-electron chi connectivity index (χ1n) is 13.9. The van der Waals surface area contributed by atoms with Crippen molar-refractivity contribution < 1.29 is 33.4 Å². The number of nitrogens with zero attached hydrogens (tertiary/aromatic N) is 1. The number of methoxy groups -OCH3 is 2. The Morgan fingerprint density at radius 3 is 2.63 bits per heavy atom. The number of aryl methyl sites for hydroxylation is 1. The Morgan fingerprint density at radius 2 is 1.85 bits per heavy atom. The maximum absolute atomic E-state index is 13.3. The highest BCUT2D eigenvalue weighted by atomic mass is 16.5. The molecule has 11 nitrogen and oxygen atoms in total. The third kappa shape index (κ3) is 7.47. The highest BCUT2D eigenvalue weighted by Crippen LogP contribution is 2.28. The van der Waals surface area contributed by atoms with Crippen molar-refractivity contribution in [1.82, 2.24) is 20.9 Å². The van der Waals surface area contributed by atoms with Gasteiger partial charge in [-0.05, 0) is 62.4 Å². The molecule has 3 N–H and O–H groups in total. The molecule has 0 radical (unpaired) electrons. The van der Waals surface area contributed by atoms with Crippen LogP contribution in [0.3, 0.4) is 0 Å². The van der Waals surface area contributed by atoms with Gasteiger partial charge in [0.15, 0.2) is 11.5 Å². The molecule has 0 spiro atoms. The number of carbonyl (C=O) groups is 4. The Labute approximate surface area is 239 Å². The SMILES string of the molecule is COc1ccc(CCCNC(=O)[C@@H]2CC(=O)N[C@@H](C)C(=O)N3CCC[C@@H]3COc3ccccc3C(=O)N2)cc1OC. The second-order valence-corrected chi connectivity index (χ2v) is 10.2. The van der Waals surface area contributed by atoms with Crippen LogP contribution in [0.5, 0.6) is 17.2 Å². The minimum atomic E-state index is -1.15. The zero-order chi connectivity index (χ0) is 29.4. The summed E-state index contributed by atoms with van der Waals surface area (Å²) in [6.45, 7) is 2.75. The van der Waals surface area contributed by atoms with Gasteiger partial charge in [0.25, 0.3) is 5.91 Å². The molecule has 2 heterocycles. The number of nitrogens with one attached hydrogen (secondary N) is 3. The minimum absolute atomic E-state index is 0.154. The van der Waals surface area contributed by atoms with E-state index in [1.807, 2.05) is 18.2 Å². The summed E-state index contributed by atoms with van der Waals surface area (Å²) in [7, 11) is 3.15. The molecule has 2 aromatic carbocycles. The van der Waals surface area contributed by atoms with Gasteiger partial charge >= 0.3 is 0 Å². The summed E-state index contributed by atoms with van der Waals surface area (Å²) in [5.41, 5.74) is 1.26. The van der Waals surface area contributed by atoms with Gasteiger partial charge in [0.1, 0.15) is 24.4 Å². The normalized spacial score (nSPS) is 21.4. The maximum atomic E-state index is 13.3. The third-order valence-electron chi connectivity index (χ3n) is 7.37. The van der Waals surface area contributed by atoms with E-state index in [-0.39, 0.29) is 30.5 Å². The number of fused-ring (bicyclic) bond motifs is 2. The number of amides is 4. The van der Waals surface area contributed by atoms with Crippen molar-refractivity contribution in [2.75, 3.05) is 33.9 Å². The first-order chi connectivity index (χ1) is 19.8. The van der Waals surface area contributed by atoms with Gasteiger partial charge in [0.05, 0.1) is 32.2 Å². The van der Waals surface area contributed by atoms with Crippen LogP contribution < -0.4 is 30.2 Å². The molecule has 1 saturated heterocycles. The van der Waals surface area contributed by atoms with Crippen LogP contribution in [0.15, 0.2) is 42.5 Å². The number of hydrogen-bond acceptors (Lipinski definition) is 7. The molecule has 41 heavy (non-hydrogen) atoms. The predicted molar refractivity (Wildman–Crippen MR) is 151 cm³/mol. The second-order valence-electron chi connectivity index (χ2n) is 10.2. The van der Waals surface area contributed by atoms with Crippen LogP contribution in [-0.2, 0) is 20.8 Å². The van der Waals surface area contributed by atoms with E-state index in [2.05, 4.69) is 16.0 Å². The average Bonchev–Trinajstić information content (AvgIpc) is 3.45. The molecular weight excluding hydrogens is 528 g/mol. The molecule has 4 rings (SSSR count). The van der Waals surface area contributed by atoms with Crippen LogP contribution >= 0.6 is 0 Å². The van der Waals surface area contributed by atoms with Gasteiger partial charge in [-0.2, -0.15) is 0 Å². The van der Waals surface area contributed by atoms with E-state index in [0.29, 0.717) is 43.2 Å². The van der Waals surface area contributed by atoms with Gasteiger partial charge in [-0.15, -0.1) is 0 Å². The van der Waals surface area contributed by atoms with E-state index < -0.39 is 29.8 Å². The van der Waals surface area contributed by atoms with Gasteiger partial charge in [0.2, 0.25) is 17.7 Å². The Bertz CT molecular complexity index is 1270. The van der Waals surface area contributed by atoms with Crippen LogP contribution in [0.2, 0.25) is 0 Å². The summed E-state index contributed by atoms with van der Waals surface area (Å²) in [6.07, 6.45) is 2.57. The molecular formula is C30H38N4O7. The lowest BCUT2D eigenvalue weighted by Gasteiger charge is -2.29. The Morgan fingerprint density at radius 1 is 1.07 bits per heavy atom. The second kappa shape index (κ2) is 13.9. The van der Waals surface area contributed by atoms with E-state index in [1.165, 1.54) is 0 Å². The molecule has 1 fully saturated rings. The lowest BCUT2D eigenvalue weighted by atomic mass is 10.1. The molecule has 220 valence electrons. The van der Waals surface area contributed by atoms with Crippen molar-refractivity contribution in [3.05, 3.63) is 53.6 Å². The molecule has 3 atom stereocenters. The Balaban J connectivity index is 1.45. The fourth-order valence-corrected chi connectivity index (χ4v) is 5.17. The number of para-hydroxylation sites is 1. The maximum Gasteiger partial charge on any atom is 0.255 e. The fourth-order valence-electron chi connectivity index (χ4n) is 5.17. The fraction of sp³-hybridized carbons (Fsp3) is 0.467. The lowest BCUT2D eigenvalue weighted by Crippen LogP contribution is -2.53. The van der Waals surface area contributed by atoms with Crippen LogP contribution in [0.1, 0.15) is 48.5 Å². The first-order valence-corrected chi connectivity index (χ1v) is 13.9. The summed E-state index contributed by atoms with van der Waals surface area (Å²) < 4.78 is 16.6. The Hall–Kier alpha value is -4.28. The van der Waals surface area contributed by atoms with E-state index >= 15 is 0 Å². The number of hydrogen-bond donors (Lipinski definition) is 3. The molecule has 11 heteroatoms. The number of carbonyl (C=O) groups excluding carboxylic acids is 4. The first kappa shape index (κ1) is 29.7. The summed E-state index contributed by atoms with van der Waals surface area (Å²) in [5, 5.41) is 8.23. The molecule has 2 aliphatic rings. The summed E-state index contributed by atoms with van der Waals surface area (Å²) >= 11 is 0. The zero-order valence-corrected chi connectivity index (χ0v) is 23.7. The van der Waals surface area contributed by atoms with Gasteiger partial charge < -0.3 is 35.1 Å². The molecule has 4 amide bonds. The summed E-state index contributed by atoms with van der Waals surface area (Å²) in [5.74, 6) is -0.111. The van der Waals surface area contributed by atoms with Crippen molar-refractivity contribution in [2.24, 2.45) is 0 Å². The monoisotopic (exact) mass is 566 g/mol. The largest absolute Gasteiger partial charge is 0.493 e. The molecule has 0 bridgehead atoms. The predicted octanol–water partition coefficient (Wildman–Crippen LogP) is 1.83. The van der Waals surface area contributed by atoms with Gasteiger partial charge in [-0.25, -0.2) is 0 Å². The quantitative estimate of drug-likeness (QED) is 0.435. The van der Waals surface area contributed by atoms with Crippen molar-refractivity contribution in [2.45, 2.75) is 57.2 Å². The van der Waals surface area contributed by atoms with Crippen LogP contribution in [0.25, 0.3) is 0 Å². The smallest absolute Gasteiger partial charge is 0.255 e. The van der Waals surface area contributed by atoms with Crippen LogP contribution in [-0.4, -0.2) is 80.6 Å². The highest BCUT2D eigenvalue weighted by molar-refractivity contribution is 6.01. The van der Waals surface area contributed by atoms with E-state index in [4.69, 9.17) is 14.2 Å². The van der Waals surface area contributed by atoms with Crippen LogP contribution in [0.4, 0.5) is 0 Å². The van der Waals surface area contributed by atoms with E-state index in [1.54, 1.807) is 50.3 Å². The Kier molecular flexibility index (Phi) is 10.0. The number of ether oxygens (including phenoxy) is 3. The molecule has 0 aliphatic carbocycles. The van der Waals surface area contributed by atoms with Gasteiger partial charge in [-0.1, -0.05) is 18.2 Å². The summed E-state index contributed by atoms with van der Waals surface area (Å²) in [4.78, 5) is 54.2. The highest BCUT2D eigenvalue weighted by Gasteiger charge is 2.34. The van der Waals surface area contributed by atoms with E-state index in [0.717, 1.165) is 18.4 Å². The molecule has 0 saturated carbocycles. The van der Waals surface area contributed by atoms with Gasteiger partial charge in [-0.3, -0.25) is 19.2 Å². The topological polar surface area (TPSA) is 135 Å². The standard InChI is InChI=1S/C30H38N4O7/c1-19-30(38)34-15-7-9-21(34)18-41-24-11-5-4-10-22(24)28(36)33-23(17-27(35)32-19)29(37)31-14-6-8-20-12-13-25(39-2)26(16-20)40-3/h4-5,10-13,16,19,21,23H,6-9,14-15,17-18H2,1-3H3,(H,31,37)(H,32,35)(H,33,36)/t19-,21+,23-/m0/s1. The zero-order valence-electron chi connectivity index (χ0n) is 23.7. The number of benzene rings is 2. The summed E-state index contributed by atoms with van der Waals surface area (Å²) in [6, 6.07) is 10.3. The molecule has 0 aromatic heterocycles. The molecule has 0 unspecified atom stereocenters. The van der Waals surface area contributed by atoms with Crippen molar-refractivity contribution >= 4 is 23.6 Å². The van der Waals surface area contributed by atoms with Crippen LogP contribution in [0, 0.1) is 0 Å². The van der Waals surface area contributed by atoms with Crippen molar-refractivity contribution in [3.63, 3.8) is 0 Å².